The monoisotopic (exact) mass is 372 g/mol. The van der Waals surface area contributed by atoms with Gasteiger partial charge in [0.25, 0.3) is 0 Å². The highest BCUT2D eigenvalue weighted by Crippen LogP contribution is 2.41. The predicted octanol–water partition coefficient (Wildman–Crippen LogP) is 4.12. The maximum absolute atomic E-state index is 12.4. The second kappa shape index (κ2) is 7.79. The molecule has 2 aromatic carbocycles. The Morgan fingerprint density at radius 1 is 1.08 bits per heavy atom. The van der Waals surface area contributed by atoms with Gasteiger partial charge in [-0.25, -0.2) is 0 Å². The first-order chi connectivity index (χ1) is 12.5. The molecule has 1 fully saturated rings. The molecule has 26 heavy (non-hydrogen) atoms. The highest BCUT2D eigenvalue weighted by atomic mass is 35.5. The molecule has 0 bridgehead atoms. The molecule has 2 aromatic rings. The number of benzene rings is 2. The molecule has 2 amide bonds. The highest BCUT2D eigenvalue weighted by Gasteiger charge is 2.48. The van der Waals surface area contributed by atoms with Crippen molar-refractivity contribution in [3.63, 3.8) is 0 Å². The minimum atomic E-state index is -0.339. The van der Waals surface area contributed by atoms with Crippen molar-refractivity contribution in [1.82, 2.24) is 0 Å². The van der Waals surface area contributed by atoms with Crippen LogP contribution in [0.2, 0.25) is 5.02 Å². The summed E-state index contributed by atoms with van der Waals surface area (Å²) in [5, 5.41) is 6.17. The van der Waals surface area contributed by atoms with Gasteiger partial charge in [-0.15, -0.1) is 0 Å². The Kier molecular flexibility index (Phi) is 5.47. The summed E-state index contributed by atoms with van der Waals surface area (Å²) in [6.45, 7) is 2.08. The Bertz CT molecular complexity index is 820. The molecular weight excluding hydrogens is 352 g/mol. The fourth-order valence-electron chi connectivity index (χ4n) is 2.84. The molecule has 2 atom stereocenters. The molecule has 5 nitrogen and oxygen atoms in total. The molecule has 3 rings (SSSR count). The molecule has 2 unspecified atom stereocenters. The van der Waals surface area contributed by atoms with Gasteiger partial charge in [-0.3, -0.25) is 9.59 Å². The number of halogens is 1. The van der Waals surface area contributed by atoms with Crippen molar-refractivity contribution in [2.75, 3.05) is 17.7 Å². The number of anilines is 2. The van der Waals surface area contributed by atoms with E-state index in [4.69, 9.17) is 16.3 Å². The lowest BCUT2D eigenvalue weighted by Crippen LogP contribution is -2.20. The van der Waals surface area contributed by atoms with Crippen molar-refractivity contribution in [2.24, 2.45) is 11.8 Å². The Morgan fingerprint density at radius 2 is 1.73 bits per heavy atom. The molecule has 6 heteroatoms. The first kappa shape index (κ1) is 18.3. The number of aryl methyl sites for hydroxylation is 1. The van der Waals surface area contributed by atoms with E-state index in [0.29, 0.717) is 22.9 Å². The smallest absolute Gasteiger partial charge is 0.228 e. The summed E-state index contributed by atoms with van der Waals surface area (Å²) in [6, 6.07) is 12.7. The third-order valence-corrected chi connectivity index (χ3v) is 4.75. The van der Waals surface area contributed by atoms with Gasteiger partial charge in [0.05, 0.1) is 24.6 Å². The number of ether oxygens (including phenoxy) is 1. The van der Waals surface area contributed by atoms with Crippen molar-refractivity contribution in [3.05, 3.63) is 53.1 Å². The second-order valence-electron chi connectivity index (χ2n) is 6.32. The number of rotatable bonds is 6. The van der Waals surface area contributed by atoms with Crippen LogP contribution < -0.4 is 15.4 Å². The van der Waals surface area contributed by atoms with E-state index in [9.17, 15) is 9.59 Å². The van der Waals surface area contributed by atoms with Gasteiger partial charge in [0, 0.05) is 10.7 Å². The standard InChI is InChI=1S/C20H21ClN2O3/c1-3-12-4-7-14(8-5-12)22-19(24)15-11-16(15)20(25)23-17-10-13(21)6-9-18(17)26-2/h4-10,15-16H,3,11H2,1-2H3,(H,22,24)(H,23,25). The third kappa shape index (κ3) is 4.17. The Hall–Kier alpha value is -2.53. The topological polar surface area (TPSA) is 67.4 Å². The average Bonchev–Trinajstić information content (AvgIpc) is 3.43. The van der Waals surface area contributed by atoms with Gasteiger partial charge >= 0.3 is 0 Å². The van der Waals surface area contributed by atoms with Crippen LogP contribution in [0.1, 0.15) is 18.9 Å². The average molecular weight is 373 g/mol. The number of carbonyl (C=O) groups is 2. The first-order valence-electron chi connectivity index (χ1n) is 8.56. The molecule has 2 N–H and O–H groups in total. The summed E-state index contributed by atoms with van der Waals surface area (Å²) >= 11 is 5.97. The summed E-state index contributed by atoms with van der Waals surface area (Å²) in [7, 11) is 1.52. The van der Waals surface area contributed by atoms with Gasteiger partial charge in [-0.2, -0.15) is 0 Å². The lowest BCUT2D eigenvalue weighted by atomic mass is 10.1. The van der Waals surface area contributed by atoms with Crippen molar-refractivity contribution < 1.29 is 14.3 Å². The van der Waals surface area contributed by atoms with Gasteiger partial charge in [0.15, 0.2) is 0 Å². The Balaban J connectivity index is 1.58. The van der Waals surface area contributed by atoms with E-state index in [2.05, 4.69) is 17.6 Å². The van der Waals surface area contributed by atoms with Gasteiger partial charge in [0.2, 0.25) is 11.8 Å². The van der Waals surface area contributed by atoms with Crippen molar-refractivity contribution in [2.45, 2.75) is 19.8 Å². The summed E-state index contributed by atoms with van der Waals surface area (Å²) in [4.78, 5) is 24.8. The fraction of sp³-hybridized carbons (Fsp3) is 0.300. The molecule has 1 aliphatic rings. The first-order valence-corrected chi connectivity index (χ1v) is 8.93. The zero-order valence-electron chi connectivity index (χ0n) is 14.7. The molecule has 0 heterocycles. The molecule has 0 saturated heterocycles. The normalized spacial score (nSPS) is 18.1. The van der Waals surface area contributed by atoms with Crippen LogP contribution in [-0.4, -0.2) is 18.9 Å². The molecule has 0 radical (unpaired) electrons. The lowest BCUT2D eigenvalue weighted by molar-refractivity contribution is -0.122. The van der Waals surface area contributed by atoms with Gasteiger partial charge in [-0.1, -0.05) is 30.7 Å². The summed E-state index contributed by atoms with van der Waals surface area (Å²) in [5.41, 5.74) is 2.46. The predicted molar refractivity (Wildman–Crippen MR) is 103 cm³/mol. The van der Waals surface area contributed by atoms with E-state index in [1.165, 1.54) is 12.7 Å². The van der Waals surface area contributed by atoms with Gasteiger partial charge < -0.3 is 15.4 Å². The Labute approximate surface area is 157 Å². The molecule has 1 aliphatic carbocycles. The molecule has 0 aromatic heterocycles. The number of hydrogen-bond donors (Lipinski definition) is 2. The van der Waals surface area contributed by atoms with E-state index >= 15 is 0 Å². The SMILES string of the molecule is CCc1ccc(NC(=O)C2CC2C(=O)Nc2cc(Cl)ccc2OC)cc1. The number of nitrogens with one attached hydrogen (secondary N) is 2. The maximum atomic E-state index is 12.4. The molecule has 0 spiro atoms. The number of carbonyl (C=O) groups excluding carboxylic acids is 2. The van der Waals surface area contributed by atoms with Gasteiger partial charge in [-0.05, 0) is 48.7 Å². The fourth-order valence-corrected chi connectivity index (χ4v) is 3.01. The van der Waals surface area contributed by atoms with E-state index in [1.54, 1.807) is 18.2 Å². The zero-order chi connectivity index (χ0) is 18.7. The van der Waals surface area contributed by atoms with Crippen LogP contribution in [0.4, 0.5) is 11.4 Å². The summed E-state index contributed by atoms with van der Waals surface area (Å²) in [6.07, 6.45) is 1.49. The van der Waals surface area contributed by atoms with Crippen LogP contribution in [0.5, 0.6) is 5.75 Å². The largest absolute Gasteiger partial charge is 0.495 e. The zero-order valence-corrected chi connectivity index (χ0v) is 15.5. The Morgan fingerprint density at radius 3 is 2.35 bits per heavy atom. The van der Waals surface area contributed by atoms with E-state index < -0.39 is 0 Å². The van der Waals surface area contributed by atoms with E-state index in [0.717, 1.165) is 12.1 Å². The van der Waals surface area contributed by atoms with E-state index in [-0.39, 0.29) is 23.7 Å². The number of hydrogen-bond acceptors (Lipinski definition) is 3. The quantitative estimate of drug-likeness (QED) is 0.801. The lowest BCUT2D eigenvalue weighted by Gasteiger charge is -2.10. The second-order valence-corrected chi connectivity index (χ2v) is 6.76. The van der Waals surface area contributed by atoms with Crippen molar-refractivity contribution in [1.29, 1.82) is 0 Å². The van der Waals surface area contributed by atoms with Crippen LogP contribution in [0.3, 0.4) is 0 Å². The molecule has 136 valence electrons. The minimum Gasteiger partial charge on any atom is -0.495 e. The van der Waals surface area contributed by atoms with Crippen LogP contribution in [0, 0.1) is 11.8 Å². The molecular formula is C20H21ClN2O3. The van der Waals surface area contributed by atoms with Crippen LogP contribution in [-0.2, 0) is 16.0 Å². The van der Waals surface area contributed by atoms with E-state index in [1.807, 2.05) is 24.3 Å². The molecule has 1 saturated carbocycles. The van der Waals surface area contributed by atoms with Crippen molar-refractivity contribution in [3.8, 4) is 5.75 Å². The van der Waals surface area contributed by atoms with Crippen LogP contribution in [0.25, 0.3) is 0 Å². The van der Waals surface area contributed by atoms with Gasteiger partial charge in [0.1, 0.15) is 5.75 Å². The summed E-state index contributed by atoms with van der Waals surface area (Å²) in [5.74, 6) is -0.459. The maximum Gasteiger partial charge on any atom is 0.228 e. The number of amides is 2. The minimum absolute atomic E-state index is 0.132. The highest BCUT2D eigenvalue weighted by molar-refractivity contribution is 6.31. The van der Waals surface area contributed by atoms with Crippen molar-refractivity contribution >= 4 is 34.8 Å². The molecule has 0 aliphatic heterocycles. The number of methoxy groups -OCH3 is 1. The summed E-state index contributed by atoms with van der Waals surface area (Å²) < 4.78 is 5.22. The van der Waals surface area contributed by atoms with Crippen LogP contribution in [0.15, 0.2) is 42.5 Å². The van der Waals surface area contributed by atoms with Crippen LogP contribution >= 0.6 is 11.6 Å². The third-order valence-electron chi connectivity index (χ3n) is 4.51.